The fraction of sp³-hybridized carbons (Fsp3) is 0.357. The number of nitrogens with zero attached hydrogens (tertiary/aromatic N) is 4. The molecule has 0 aliphatic carbocycles. The smallest absolute Gasteiger partial charge is 0.244 e. The number of amides is 1. The molecule has 0 saturated carbocycles. The first-order valence-electron chi connectivity index (χ1n) is 6.70. The van der Waals surface area contributed by atoms with Gasteiger partial charge in [0.25, 0.3) is 0 Å². The van der Waals surface area contributed by atoms with Crippen LogP contribution >= 0.6 is 23.1 Å². The zero-order chi connectivity index (χ0) is 14.8. The van der Waals surface area contributed by atoms with Crippen LogP contribution in [0.3, 0.4) is 0 Å². The Bertz CT molecular complexity index is 633. The standard InChI is InChI=1S/C14H15ClN4OS/c1-18(9-11-13(15)21-17-16-11)12-7-8-19(14(12)20)10-5-3-2-4-6-10/h2-6,12H,7-9H2,1H3/t12-/m0/s1. The molecule has 1 aliphatic rings. The Labute approximate surface area is 132 Å². The quantitative estimate of drug-likeness (QED) is 0.867. The summed E-state index contributed by atoms with van der Waals surface area (Å²) in [6.07, 6.45) is 0.805. The molecule has 110 valence electrons. The number of rotatable bonds is 4. The molecule has 1 fully saturated rings. The molecule has 0 N–H and O–H groups in total. The van der Waals surface area contributed by atoms with Crippen molar-refractivity contribution in [2.45, 2.75) is 19.0 Å². The highest BCUT2D eigenvalue weighted by Crippen LogP contribution is 2.25. The lowest BCUT2D eigenvalue weighted by atomic mass is 10.2. The Balaban J connectivity index is 1.70. The molecular formula is C14H15ClN4OS. The molecular weight excluding hydrogens is 308 g/mol. The molecule has 0 bridgehead atoms. The van der Waals surface area contributed by atoms with E-state index in [2.05, 4.69) is 9.59 Å². The molecule has 1 amide bonds. The minimum absolute atomic E-state index is 0.128. The van der Waals surface area contributed by atoms with Gasteiger partial charge in [-0.1, -0.05) is 34.3 Å². The second kappa shape index (κ2) is 6.09. The van der Waals surface area contributed by atoms with Gasteiger partial charge in [0.1, 0.15) is 10.0 Å². The summed E-state index contributed by atoms with van der Waals surface area (Å²) in [5, 5.41) is 4.00. The highest BCUT2D eigenvalue weighted by Gasteiger charge is 2.35. The van der Waals surface area contributed by atoms with Crippen LogP contribution in [-0.2, 0) is 11.3 Å². The predicted octanol–water partition coefficient (Wildman–Crippen LogP) is 2.43. The van der Waals surface area contributed by atoms with Crippen LogP contribution in [-0.4, -0.2) is 40.0 Å². The average Bonchev–Trinajstić information content (AvgIpc) is 3.06. The van der Waals surface area contributed by atoms with Crippen molar-refractivity contribution in [1.29, 1.82) is 0 Å². The van der Waals surface area contributed by atoms with Gasteiger partial charge < -0.3 is 4.90 Å². The van der Waals surface area contributed by atoms with Gasteiger partial charge in [0.05, 0.1) is 6.04 Å². The fourth-order valence-corrected chi connectivity index (χ4v) is 3.19. The van der Waals surface area contributed by atoms with Crippen LogP contribution in [0.5, 0.6) is 0 Å². The fourth-order valence-electron chi connectivity index (χ4n) is 2.58. The SMILES string of the molecule is CN(Cc1nnsc1Cl)[C@H]1CCN(c2ccccc2)C1=O. The number of para-hydroxylation sites is 1. The lowest BCUT2D eigenvalue weighted by Gasteiger charge is -2.23. The van der Waals surface area contributed by atoms with Gasteiger partial charge in [-0.25, -0.2) is 0 Å². The van der Waals surface area contributed by atoms with Crippen LogP contribution in [0.1, 0.15) is 12.1 Å². The van der Waals surface area contributed by atoms with E-state index in [-0.39, 0.29) is 11.9 Å². The van der Waals surface area contributed by atoms with Crippen LogP contribution in [0.4, 0.5) is 5.69 Å². The Kier molecular flexibility index (Phi) is 4.19. The van der Waals surface area contributed by atoms with Gasteiger partial charge in [0.2, 0.25) is 5.91 Å². The number of hydrogen-bond donors (Lipinski definition) is 0. The van der Waals surface area contributed by atoms with Gasteiger partial charge in [-0.3, -0.25) is 9.69 Å². The maximum absolute atomic E-state index is 12.6. The molecule has 21 heavy (non-hydrogen) atoms. The Morgan fingerprint density at radius 3 is 2.86 bits per heavy atom. The van der Waals surface area contributed by atoms with Crippen molar-refractivity contribution in [2.75, 3.05) is 18.5 Å². The maximum atomic E-state index is 12.6. The summed E-state index contributed by atoms with van der Waals surface area (Å²) >= 11 is 7.19. The van der Waals surface area contributed by atoms with Gasteiger partial charge >= 0.3 is 0 Å². The molecule has 0 spiro atoms. The number of aromatic nitrogens is 2. The molecule has 2 heterocycles. The third kappa shape index (κ3) is 2.92. The monoisotopic (exact) mass is 322 g/mol. The van der Waals surface area contributed by atoms with Crippen molar-refractivity contribution in [3.8, 4) is 0 Å². The van der Waals surface area contributed by atoms with Crippen LogP contribution in [0, 0.1) is 0 Å². The summed E-state index contributed by atoms with van der Waals surface area (Å²) in [5.74, 6) is 0.128. The van der Waals surface area contributed by atoms with Crippen LogP contribution < -0.4 is 4.90 Å². The number of hydrogen-bond acceptors (Lipinski definition) is 5. The average molecular weight is 323 g/mol. The van der Waals surface area contributed by atoms with E-state index in [0.29, 0.717) is 10.9 Å². The Hall–Kier alpha value is -1.50. The third-order valence-corrected chi connectivity index (χ3v) is 4.67. The largest absolute Gasteiger partial charge is 0.311 e. The minimum Gasteiger partial charge on any atom is -0.311 e. The van der Waals surface area contributed by atoms with Gasteiger partial charge in [0, 0.05) is 30.3 Å². The summed E-state index contributed by atoms with van der Waals surface area (Å²) in [7, 11) is 1.92. The van der Waals surface area contributed by atoms with Crippen molar-refractivity contribution in [1.82, 2.24) is 14.5 Å². The third-order valence-electron chi connectivity index (χ3n) is 3.69. The van der Waals surface area contributed by atoms with E-state index in [1.165, 1.54) is 11.5 Å². The highest BCUT2D eigenvalue weighted by molar-refractivity contribution is 7.10. The first-order valence-corrected chi connectivity index (χ1v) is 7.85. The molecule has 7 heteroatoms. The van der Waals surface area contributed by atoms with Gasteiger partial charge in [-0.15, -0.1) is 5.10 Å². The molecule has 0 radical (unpaired) electrons. The van der Waals surface area contributed by atoms with E-state index in [0.717, 1.165) is 24.3 Å². The number of carbonyl (C=O) groups is 1. The van der Waals surface area contributed by atoms with E-state index in [1.807, 2.05) is 47.2 Å². The second-order valence-electron chi connectivity index (χ2n) is 5.04. The van der Waals surface area contributed by atoms with Crippen molar-refractivity contribution < 1.29 is 4.79 Å². The summed E-state index contributed by atoms with van der Waals surface area (Å²) in [4.78, 5) is 16.4. The highest BCUT2D eigenvalue weighted by atomic mass is 35.5. The van der Waals surface area contributed by atoms with Gasteiger partial charge in [-0.2, -0.15) is 0 Å². The first-order chi connectivity index (χ1) is 10.2. The molecule has 0 unspecified atom stereocenters. The van der Waals surface area contributed by atoms with Crippen molar-refractivity contribution in [2.24, 2.45) is 0 Å². The summed E-state index contributed by atoms with van der Waals surface area (Å²) in [5.41, 5.74) is 1.68. The van der Waals surface area contributed by atoms with Crippen LogP contribution in [0.15, 0.2) is 30.3 Å². The van der Waals surface area contributed by atoms with Crippen LogP contribution in [0.2, 0.25) is 4.34 Å². The molecule has 1 aromatic carbocycles. The summed E-state index contributed by atoms with van der Waals surface area (Å²) in [6.45, 7) is 1.27. The summed E-state index contributed by atoms with van der Waals surface area (Å²) in [6, 6.07) is 9.62. The molecule has 2 aromatic rings. The number of anilines is 1. The minimum atomic E-state index is -0.136. The van der Waals surface area contributed by atoms with Gasteiger partial charge in [0.15, 0.2) is 0 Å². The van der Waals surface area contributed by atoms with E-state index in [4.69, 9.17) is 11.6 Å². The zero-order valence-corrected chi connectivity index (χ0v) is 13.1. The number of likely N-dealkylation sites (N-methyl/N-ethyl adjacent to an activating group) is 1. The van der Waals surface area contributed by atoms with Crippen molar-refractivity contribution >= 4 is 34.7 Å². The van der Waals surface area contributed by atoms with E-state index in [1.54, 1.807) is 0 Å². The first kappa shape index (κ1) is 14.4. The molecule has 3 rings (SSSR count). The molecule has 1 saturated heterocycles. The number of halogens is 1. The lowest BCUT2D eigenvalue weighted by Crippen LogP contribution is -2.39. The topological polar surface area (TPSA) is 49.3 Å². The maximum Gasteiger partial charge on any atom is 0.244 e. The van der Waals surface area contributed by atoms with E-state index < -0.39 is 0 Å². The Morgan fingerprint density at radius 2 is 2.19 bits per heavy atom. The molecule has 1 atom stereocenters. The van der Waals surface area contributed by atoms with Crippen LogP contribution in [0.25, 0.3) is 0 Å². The number of carbonyl (C=O) groups excluding carboxylic acids is 1. The molecule has 1 aromatic heterocycles. The van der Waals surface area contributed by atoms with Gasteiger partial charge in [-0.05, 0) is 25.6 Å². The lowest BCUT2D eigenvalue weighted by molar-refractivity contribution is -0.121. The van der Waals surface area contributed by atoms with Crippen molar-refractivity contribution in [3.63, 3.8) is 0 Å². The second-order valence-corrected chi connectivity index (χ2v) is 6.39. The molecule has 1 aliphatic heterocycles. The van der Waals surface area contributed by atoms with E-state index in [9.17, 15) is 4.79 Å². The summed E-state index contributed by atoms with van der Waals surface area (Å²) < 4.78 is 4.41. The number of benzene rings is 1. The van der Waals surface area contributed by atoms with E-state index >= 15 is 0 Å². The molecule has 5 nitrogen and oxygen atoms in total. The predicted molar refractivity (Wildman–Crippen MR) is 83.6 cm³/mol. The normalized spacial score (nSPS) is 18.7. The zero-order valence-electron chi connectivity index (χ0n) is 11.6. The van der Waals surface area contributed by atoms with Crippen molar-refractivity contribution in [3.05, 3.63) is 40.4 Å². The Morgan fingerprint density at radius 1 is 1.43 bits per heavy atom.